The topological polar surface area (TPSA) is 40.5 Å². The van der Waals surface area contributed by atoms with Crippen LogP contribution in [-0.4, -0.2) is 28.6 Å². The number of nitrogens with zero attached hydrogens (tertiary/aromatic N) is 1. The predicted molar refractivity (Wildman–Crippen MR) is 76.5 cm³/mol. The second-order valence-corrected chi connectivity index (χ2v) is 5.52. The lowest BCUT2D eigenvalue weighted by Crippen LogP contribution is -2.44. The molecule has 2 rings (SSSR count). The number of carboxylic acid groups (broad SMARTS) is 1. The van der Waals surface area contributed by atoms with E-state index in [1.54, 1.807) is 12.1 Å². The van der Waals surface area contributed by atoms with Crippen LogP contribution in [-0.2, 0) is 4.79 Å². The fourth-order valence-electron chi connectivity index (χ4n) is 2.92. The third-order valence-electron chi connectivity index (χ3n) is 3.90. The molecule has 1 heterocycles. The van der Waals surface area contributed by atoms with Gasteiger partial charge in [0, 0.05) is 11.1 Å². The van der Waals surface area contributed by atoms with Gasteiger partial charge in [-0.2, -0.15) is 0 Å². The first-order valence-electron chi connectivity index (χ1n) is 6.87. The number of carboxylic acids is 1. The summed E-state index contributed by atoms with van der Waals surface area (Å²) in [5.41, 5.74) is 0.817. The highest BCUT2D eigenvalue weighted by molar-refractivity contribution is 6.30. The Morgan fingerprint density at radius 2 is 2.11 bits per heavy atom. The van der Waals surface area contributed by atoms with Crippen molar-refractivity contribution in [3.63, 3.8) is 0 Å². The molecular weight excluding hydrogens is 262 g/mol. The zero-order chi connectivity index (χ0) is 13.8. The number of benzene rings is 1. The van der Waals surface area contributed by atoms with E-state index in [-0.39, 0.29) is 0 Å². The van der Waals surface area contributed by atoms with Crippen LogP contribution in [0.4, 0.5) is 0 Å². The maximum Gasteiger partial charge on any atom is 0.325 e. The molecule has 1 aromatic carbocycles. The summed E-state index contributed by atoms with van der Waals surface area (Å²) in [5.74, 6) is -0.775. The summed E-state index contributed by atoms with van der Waals surface area (Å²) >= 11 is 5.88. The van der Waals surface area contributed by atoms with Gasteiger partial charge in [-0.3, -0.25) is 9.69 Å². The van der Waals surface area contributed by atoms with Gasteiger partial charge >= 0.3 is 5.97 Å². The Bertz CT molecular complexity index is 432. The van der Waals surface area contributed by atoms with Gasteiger partial charge < -0.3 is 5.11 Å². The van der Waals surface area contributed by atoms with Gasteiger partial charge in [0.1, 0.15) is 6.04 Å². The van der Waals surface area contributed by atoms with Crippen LogP contribution in [0.5, 0.6) is 0 Å². The van der Waals surface area contributed by atoms with E-state index in [0.29, 0.717) is 11.1 Å². The average Bonchev–Trinajstić information content (AvgIpc) is 2.41. The minimum Gasteiger partial charge on any atom is -0.480 e. The molecule has 1 aliphatic rings. The molecule has 4 heteroatoms. The van der Waals surface area contributed by atoms with Crippen LogP contribution in [0.25, 0.3) is 0 Å². The molecule has 0 bridgehead atoms. The monoisotopic (exact) mass is 281 g/mol. The second-order valence-electron chi connectivity index (χ2n) is 5.09. The minimum absolute atomic E-state index is 0.366. The highest BCUT2D eigenvalue weighted by Gasteiger charge is 2.33. The summed E-state index contributed by atoms with van der Waals surface area (Å²) in [4.78, 5) is 13.8. The van der Waals surface area contributed by atoms with Crippen molar-refractivity contribution in [2.75, 3.05) is 6.54 Å². The molecule has 1 N–H and O–H groups in total. The molecule has 2 unspecified atom stereocenters. The number of piperidine rings is 1. The number of hydrogen-bond acceptors (Lipinski definition) is 2. The number of aliphatic carboxylic acids is 1. The van der Waals surface area contributed by atoms with Crippen molar-refractivity contribution in [3.8, 4) is 0 Å². The van der Waals surface area contributed by atoms with Crippen LogP contribution >= 0.6 is 11.6 Å². The molecule has 19 heavy (non-hydrogen) atoms. The van der Waals surface area contributed by atoms with Crippen molar-refractivity contribution in [1.29, 1.82) is 0 Å². The Morgan fingerprint density at radius 3 is 2.68 bits per heavy atom. The first-order valence-corrected chi connectivity index (χ1v) is 7.25. The van der Waals surface area contributed by atoms with Gasteiger partial charge in [0.05, 0.1) is 0 Å². The highest BCUT2D eigenvalue weighted by atomic mass is 35.5. The lowest BCUT2D eigenvalue weighted by atomic mass is 9.95. The Hall–Kier alpha value is -1.06. The predicted octanol–water partition coefficient (Wildman–Crippen LogP) is 3.73. The van der Waals surface area contributed by atoms with E-state index in [9.17, 15) is 9.90 Å². The smallest absolute Gasteiger partial charge is 0.325 e. The fraction of sp³-hybridized carbons (Fsp3) is 0.533. The fourth-order valence-corrected chi connectivity index (χ4v) is 3.05. The Labute approximate surface area is 119 Å². The van der Waals surface area contributed by atoms with Gasteiger partial charge in [-0.25, -0.2) is 0 Å². The van der Waals surface area contributed by atoms with E-state index in [1.807, 2.05) is 12.1 Å². The third kappa shape index (κ3) is 3.28. The van der Waals surface area contributed by atoms with E-state index >= 15 is 0 Å². The van der Waals surface area contributed by atoms with Gasteiger partial charge in [0.2, 0.25) is 0 Å². The van der Waals surface area contributed by atoms with Crippen molar-refractivity contribution < 1.29 is 9.90 Å². The number of likely N-dealkylation sites (tertiary alicyclic amines) is 1. The molecule has 1 saturated heterocycles. The zero-order valence-corrected chi connectivity index (χ0v) is 11.9. The SMILES string of the molecule is CCC1CCCCN1C(C(=O)O)c1ccc(Cl)cc1. The molecule has 3 nitrogen and oxygen atoms in total. The molecule has 0 amide bonds. The lowest BCUT2D eigenvalue weighted by molar-refractivity contribution is -0.145. The number of hydrogen-bond donors (Lipinski definition) is 1. The van der Waals surface area contributed by atoms with Gasteiger partial charge in [-0.1, -0.05) is 37.1 Å². The van der Waals surface area contributed by atoms with Gasteiger partial charge in [0.15, 0.2) is 0 Å². The maximum atomic E-state index is 11.7. The van der Waals surface area contributed by atoms with Crippen LogP contribution in [0.3, 0.4) is 0 Å². The zero-order valence-electron chi connectivity index (χ0n) is 11.2. The van der Waals surface area contributed by atoms with Crippen molar-refractivity contribution in [2.24, 2.45) is 0 Å². The van der Waals surface area contributed by atoms with E-state index in [4.69, 9.17) is 11.6 Å². The van der Waals surface area contributed by atoms with Gasteiger partial charge in [-0.15, -0.1) is 0 Å². The molecular formula is C15H20ClNO2. The van der Waals surface area contributed by atoms with Crippen molar-refractivity contribution >= 4 is 17.6 Å². The highest BCUT2D eigenvalue weighted by Crippen LogP contribution is 2.30. The first-order chi connectivity index (χ1) is 9.13. The molecule has 1 aliphatic heterocycles. The molecule has 2 atom stereocenters. The molecule has 0 spiro atoms. The summed E-state index contributed by atoms with van der Waals surface area (Å²) in [6.45, 7) is 2.99. The summed E-state index contributed by atoms with van der Waals surface area (Å²) in [6.07, 6.45) is 4.36. The molecule has 1 aromatic rings. The Balaban J connectivity index is 2.28. The van der Waals surface area contributed by atoms with Gasteiger partial charge in [-0.05, 0) is 43.5 Å². The third-order valence-corrected chi connectivity index (χ3v) is 4.15. The lowest BCUT2D eigenvalue weighted by Gasteiger charge is -2.39. The summed E-state index contributed by atoms with van der Waals surface area (Å²) in [6, 6.07) is 6.98. The van der Waals surface area contributed by atoms with Crippen molar-refractivity contribution in [1.82, 2.24) is 4.90 Å². The largest absolute Gasteiger partial charge is 0.480 e. The van der Waals surface area contributed by atoms with Gasteiger partial charge in [0.25, 0.3) is 0 Å². The van der Waals surface area contributed by atoms with E-state index in [2.05, 4.69) is 11.8 Å². The Morgan fingerprint density at radius 1 is 1.42 bits per heavy atom. The minimum atomic E-state index is -0.775. The molecule has 1 fully saturated rings. The van der Waals surface area contributed by atoms with Crippen molar-refractivity contribution in [2.45, 2.75) is 44.7 Å². The second kappa shape index (κ2) is 6.40. The Kier molecular flexibility index (Phi) is 4.83. The summed E-state index contributed by atoms with van der Waals surface area (Å²) < 4.78 is 0. The average molecular weight is 282 g/mol. The quantitative estimate of drug-likeness (QED) is 0.914. The van der Waals surface area contributed by atoms with Crippen LogP contribution < -0.4 is 0 Å². The van der Waals surface area contributed by atoms with Crippen LogP contribution in [0.15, 0.2) is 24.3 Å². The van der Waals surface area contributed by atoms with Crippen molar-refractivity contribution in [3.05, 3.63) is 34.9 Å². The molecule has 0 saturated carbocycles. The molecule has 0 radical (unpaired) electrons. The molecule has 104 valence electrons. The van der Waals surface area contributed by atoms with Crippen LogP contribution in [0, 0.1) is 0 Å². The van der Waals surface area contributed by atoms with Crippen LogP contribution in [0.2, 0.25) is 5.02 Å². The molecule has 0 aromatic heterocycles. The number of halogens is 1. The maximum absolute atomic E-state index is 11.7. The van der Waals surface area contributed by atoms with Crippen LogP contribution in [0.1, 0.15) is 44.2 Å². The number of carbonyl (C=O) groups is 1. The molecule has 0 aliphatic carbocycles. The summed E-state index contributed by atoms with van der Waals surface area (Å²) in [5, 5.41) is 10.2. The van der Waals surface area contributed by atoms with E-state index in [1.165, 1.54) is 6.42 Å². The standard InChI is InChI=1S/C15H20ClNO2/c1-2-13-5-3-4-10-17(13)14(15(18)19)11-6-8-12(16)9-7-11/h6-9,13-14H,2-5,10H2,1H3,(H,18,19). The van der Waals surface area contributed by atoms with E-state index in [0.717, 1.165) is 31.4 Å². The van der Waals surface area contributed by atoms with E-state index < -0.39 is 12.0 Å². The normalized spacial score (nSPS) is 22.1. The summed E-state index contributed by atoms with van der Waals surface area (Å²) in [7, 11) is 0. The number of rotatable bonds is 4. The first kappa shape index (κ1) is 14.4.